The Balaban J connectivity index is 2.02. The van der Waals surface area contributed by atoms with Gasteiger partial charge in [0.25, 0.3) is 5.91 Å². The maximum Gasteiger partial charge on any atom is 0.251 e. The van der Waals surface area contributed by atoms with Crippen molar-refractivity contribution in [3.8, 4) is 18.1 Å². The van der Waals surface area contributed by atoms with Crippen molar-refractivity contribution < 1.29 is 9.53 Å². The van der Waals surface area contributed by atoms with E-state index in [-0.39, 0.29) is 5.56 Å². The van der Waals surface area contributed by atoms with Gasteiger partial charge in [-0.05, 0) is 17.7 Å². The van der Waals surface area contributed by atoms with Gasteiger partial charge < -0.3 is 10.5 Å². The number of carbonyl (C=O) groups is 1. The quantitative estimate of drug-likeness (QED) is 0.742. The molecule has 0 saturated carbocycles. The van der Waals surface area contributed by atoms with Crippen molar-refractivity contribution in [3.05, 3.63) is 53.3 Å². The maximum atomic E-state index is 11.4. The van der Waals surface area contributed by atoms with Crippen molar-refractivity contribution in [3.63, 3.8) is 0 Å². The fraction of sp³-hybridized carbons (Fsp3) is 0.118. The van der Waals surface area contributed by atoms with Crippen LogP contribution in [0.2, 0.25) is 0 Å². The predicted octanol–water partition coefficient (Wildman–Crippen LogP) is 1.57. The van der Waals surface area contributed by atoms with Crippen LogP contribution in [0.4, 0.5) is 0 Å². The molecule has 0 bridgehead atoms. The van der Waals surface area contributed by atoms with Gasteiger partial charge in [0.15, 0.2) is 5.65 Å². The second-order valence-electron chi connectivity index (χ2n) is 4.94. The van der Waals surface area contributed by atoms with Gasteiger partial charge in [-0.2, -0.15) is 5.10 Å². The zero-order valence-corrected chi connectivity index (χ0v) is 12.5. The molecule has 2 N–H and O–H groups in total. The summed E-state index contributed by atoms with van der Waals surface area (Å²) in [5, 5.41) is 4.95. The van der Waals surface area contributed by atoms with Crippen LogP contribution >= 0.6 is 0 Å². The summed E-state index contributed by atoms with van der Waals surface area (Å²) >= 11 is 0. The molecule has 1 aromatic carbocycles. The molecule has 114 valence electrons. The van der Waals surface area contributed by atoms with E-state index in [9.17, 15) is 4.79 Å². The SMILES string of the molecule is C#Cc1c(C(N)=O)cnc2c1cnn2Cc1ccc(OC)cc1. The fourth-order valence-electron chi connectivity index (χ4n) is 2.39. The minimum Gasteiger partial charge on any atom is -0.497 e. The number of benzene rings is 1. The summed E-state index contributed by atoms with van der Waals surface area (Å²) in [5.41, 5.74) is 7.62. The highest BCUT2D eigenvalue weighted by Crippen LogP contribution is 2.20. The van der Waals surface area contributed by atoms with Gasteiger partial charge in [0.05, 0.1) is 36.4 Å². The first kappa shape index (κ1) is 14.6. The van der Waals surface area contributed by atoms with E-state index in [4.69, 9.17) is 16.9 Å². The minimum absolute atomic E-state index is 0.226. The lowest BCUT2D eigenvalue weighted by Gasteiger charge is -2.06. The molecule has 0 radical (unpaired) electrons. The number of nitrogens with two attached hydrogens (primary N) is 1. The number of rotatable bonds is 4. The molecular formula is C17H14N4O2. The van der Waals surface area contributed by atoms with Crippen LogP contribution in [0.5, 0.6) is 5.75 Å². The van der Waals surface area contributed by atoms with Gasteiger partial charge in [-0.25, -0.2) is 9.67 Å². The Kier molecular flexibility index (Phi) is 3.69. The van der Waals surface area contributed by atoms with E-state index in [1.807, 2.05) is 24.3 Å². The largest absolute Gasteiger partial charge is 0.497 e. The van der Waals surface area contributed by atoms with Crippen LogP contribution in [-0.4, -0.2) is 27.8 Å². The number of methoxy groups -OCH3 is 1. The molecule has 0 aliphatic carbocycles. The second kappa shape index (κ2) is 5.81. The predicted molar refractivity (Wildman–Crippen MR) is 86.1 cm³/mol. The Labute approximate surface area is 132 Å². The Morgan fingerprint density at radius 1 is 1.35 bits per heavy atom. The van der Waals surface area contributed by atoms with Crippen LogP contribution in [0.15, 0.2) is 36.7 Å². The Morgan fingerprint density at radius 2 is 2.09 bits per heavy atom. The number of hydrogen-bond donors (Lipinski definition) is 1. The van der Waals surface area contributed by atoms with Crippen molar-refractivity contribution in [2.45, 2.75) is 6.54 Å². The molecule has 2 aromatic heterocycles. The molecule has 1 amide bonds. The number of amides is 1. The number of fused-ring (bicyclic) bond motifs is 1. The summed E-state index contributed by atoms with van der Waals surface area (Å²) in [6, 6.07) is 7.66. The Morgan fingerprint density at radius 3 is 2.70 bits per heavy atom. The first-order valence-corrected chi connectivity index (χ1v) is 6.88. The van der Waals surface area contributed by atoms with Gasteiger partial charge in [-0.1, -0.05) is 18.1 Å². The van der Waals surface area contributed by atoms with E-state index in [2.05, 4.69) is 16.0 Å². The number of hydrogen-bond acceptors (Lipinski definition) is 4. The van der Waals surface area contributed by atoms with E-state index < -0.39 is 5.91 Å². The summed E-state index contributed by atoms with van der Waals surface area (Å²) in [7, 11) is 1.62. The van der Waals surface area contributed by atoms with Gasteiger partial charge in [0.2, 0.25) is 0 Å². The Hall–Kier alpha value is -3.33. The maximum absolute atomic E-state index is 11.4. The van der Waals surface area contributed by atoms with E-state index in [0.29, 0.717) is 23.1 Å². The van der Waals surface area contributed by atoms with Crippen LogP contribution in [0.1, 0.15) is 21.5 Å². The van der Waals surface area contributed by atoms with E-state index in [1.165, 1.54) is 6.20 Å². The number of nitrogens with zero attached hydrogens (tertiary/aromatic N) is 3. The number of aromatic nitrogens is 3. The first-order chi connectivity index (χ1) is 11.1. The number of pyridine rings is 1. The molecule has 6 nitrogen and oxygen atoms in total. The molecule has 0 saturated heterocycles. The third kappa shape index (κ3) is 2.60. The zero-order chi connectivity index (χ0) is 16.4. The molecule has 3 rings (SSSR count). The molecule has 6 heteroatoms. The average molecular weight is 306 g/mol. The summed E-state index contributed by atoms with van der Waals surface area (Å²) in [4.78, 5) is 15.7. The molecule has 23 heavy (non-hydrogen) atoms. The first-order valence-electron chi connectivity index (χ1n) is 6.88. The van der Waals surface area contributed by atoms with E-state index >= 15 is 0 Å². The molecule has 0 fully saturated rings. The van der Waals surface area contributed by atoms with Crippen LogP contribution < -0.4 is 10.5 Å². The highest BCUT2D eigenvalue weighted by Gasteiger charge is 2.15. The van der Waals surface area contributed by atoms with Crippen LogP contribution in [-0.2, 0) is 6.54 Å². The molecule has 0 spiro atoms. The van der Waals surface area contributed by atoms with Crippen LogP contribution in [0.3, 0.4) is 0 Å². The van der Waals surface area contributed by atoms with Crippen LogP contribution in [0.25, 0.3) is 11.0 Å². The smallest absolute Gasteiger partial charge is 0.251 e. The van der Waals surface area contributed by atoms with Gasteiger partial charge >= 0.3 is 0 Å². The highest BCUT2D eigenvalue weighted by atomic mass is 16.5. The summed E-state index contributed by atoms with van der Waals surface area (Å²) in [6.45, 7) is 0.528. The zero-order valence-electron chi connectivity index (χ0n) is 12.5. The number of primary amides is 1. The summed E-state index contributed by atoms with van der Waals surface area (Å²) in [5.74, 6) is 2.69. The van der Waals surface area contributed by atoms with E-state index in [0.717, 1.165) is 11.3 Å². The number of terminal acetylenes is 1. The molecule has 2 heterocycles. The topological polar surface area (TPSA) is 83.0 Å². The van der Waals surface area contributed by atoms with Crippen molar-refractivity contribution in [1.82, 2.24) is 14.8 Å². The second-order valence-corrected chi connectivity index (χ2v) is 4.94. The van der Waals surface area contributed by atoms with Gasteiger partial charge in [0.1, 0.15) is 5.75 Å². The third-order valence-electron chi connectivity index (χ3n) is 3.57. The Bertz CT molecular complexity index is 920. The normalized spacial score (nSPS) is 10.4. The van der Waals surface area contributed by atoms with Crippen molar-refractivity contribution >= 4 is 16.9 Å². The summed E-state index contributed by atoms with van der Waals surface area (Å²) < 4.78 is 6.86. The van der Waals surface area contributed by atoms with Crippen LogP contribution in [0, 0.1) is 12.3 Å². The lowest BCUT2D eigenvalue weighted by atomic mass is 10.1. The third-order valence-corrected chi connectivity index (χ3v) is 3.57. The lowest BCUT2D eigenvalue weighted by Crippen LogP contribution is -2.14. The highest BCUT2D eigenvalue weighted by molar-refractivity contribution is 6.00. The van der Waals surface area contributed by atoms with E-state index in [1.54, 1.807) is 18.0 Å². The number of carbonyl (C=O) groups excluding carboxylic acids is 1. The lowest BCUT2D eigenvalue weighted by molar-refractivity contribution is 0.1000. The van der Waals surface area contributed by atoms with Crippen molar-refractivity contribution in [2.24, 2.45) is 5.73 Å². The molecule has 0 aliphatic rings. The molecule has 0 atom stereocenters. The van der Waals surface area contributed by atoms with Gasteiger partial charge in [-0.15, -0.1) is 6.42 Å². The summed E-state index contributed by atoms with van der Waals surface area (Å²) in [6.07, 6.45) is 8.51. The molecule has 0 unspecified atom stereocenters. The molecule has 0 aliphatic heterocycles. The minimum atomic E-state index is -0.602. The fourth-order valence-corrected chi connectivity index (χ4v) is 2.39. The van der Waals surface area contributed by atoms with Gasteiger partial charge in [0, 0.05) is 6.20 Å². The molecular weight excluding hydrogens is 292 g/mol. The monoisotopic (exact) mass is 306 g/mol. The molecule has 3 aromatic rings. The standard InChI is InChI=1S/C17H14N4O2/c1-3-13-14(16(18)22)8-19-17-15(13)9-20-21(17)10-11-4-6-12(23-2)7-5-11/h1,4-9H,10H2,2H3,(H2,18,22). The average Bonchev–Trinajstić information content (AvgIpc) is 2.97. The van der Waals surface area contributed by atoms with Crippen molar-refractivity contribution in [1.29, 1.82) is 0 Å². The van der Waals surface area contributed by atoms with Crippen molar-refractivity contribution in [2.75, 3.05) is 7.11 Å². The number of ether oxygens (including phenoxy) is 1. The van der Waals surface area contributed by atoms with Gasteiger partial charge in [-0.3, -0.25) is 4.79 Å².